The molecule has 3 rings (SSSR count). The van der Waals surface area contributed by atoms with Crippen molar-refractivity contribution in [2.45, 2.75) is 6.42 Å². The van der Waals surface area contributed by atoms with E-state index < -0.39 is 5.97 Å². The van der Waals surface area contributed by atoms with Crippen LogP contribution in [0.3, 0.4) is 0 Å². The molecule has 0 atom stereocenters. The molecule has 0 aliphatic carbocycles. The first-order valence-corrected chi connectivity index (χ1v) is 7.15. The number of benzene rings is 1. The molecule has 0 unspecified atom stereocenters. The first-order valence-electron chi connectivity index (χ1n) is 6.36. The fraction of sp³-hybridized carbons (Fsp3) is 0.133. The molecule has 0 bridgehead atoms. The molecule has 6 heteroatoms. The first-order chi connectivity index (χ1) is 10.1. The quantitative estimate of drug-likeness (QED) is 0.848. The molecule has 0 saturated heterocycles. The lowest BCUT2D eigenvalue weighted by molar-refractivity contribution is 0.0696. The van der Waals surface area contributed by atoms with Crippen molar-refractivity contribution in [2.75, 3.05) is 11.4 Å². The Bertz CT molecular complexity index is 745. The first kappa shape index (κ1) is 13.8. The van der Waals surface area contributed by atoms with Crippen molar-refractivity contribution in [3.05, 3.63) is 57.8 Å². The maximum Gasteiger partial charge on any atom is 0.335 e. The summed E-state index contributed by atoms with van der Waals surface area (Å²) in [6.45, 7) is 0.553. The second-order valence-corrected chi connectivity index (χ2v) is 5.54. The summed E-state index contributed by atoms with van der Waals surface area (Å²) in [4.78, 5) is 29.2. The summed E-state index contributed by atoms with van der Waals surface area (Å²) in [5, 5.41) is 9.01. The van der Waals surface area contributed by atoms with Crippen LogP contribution in [0.5, 0.6) is 0 Å². The molecule has 0 saturated carbocycles. The van der Waals surface area contributed by atoms with Crippen molar-refractivity contribution in [2.24, 2.45) is 0 Å². The lowest BCUT2D eigenvalue weighted by Crippen LogP contribution is -2.28. The fourth-order valence-electron chi connectivity index (χ4n) is 2.44. The van der Waals surface area contributed by atoms with Gasteiger partial charge in [0.25, 0.3) is 5.91 Å². The monoisotopic (exact) mass is 346 g/mol. The summed E-state index contributed by atoms with van der Waals surface area (Å²) >= 11 is 3.25. The summed E-state index contributed by atoms with van der Waals surface area (Å²) in [5.74, 6) is -1.07. The van der Waals surface area contributed by atoms with Crippen LogP contribution < -0.4 is 4.90 Å². The van der Waals surface area contributed by atoms with Crippen molar-refractivity contribution >= 4 is 33.5 Å². The zero-order valence-electron chi connectivity index (χ0n) is 10.9. The van der Waals surface area contributed by atoms with Crippen LogP contribution in [0.4, 0.5) is 5.69 Å². The SMILES string of the molecule is O=C(O)c1ccc2c(c1)CCN2C(=O)c1ccnc(Br)c1. The highest BCUT2D eigenvalue weighted by Crippen LogP contribution is 2.30. The summed E-state index contributed by atoms with van der Waals surface area (Å²) < 4.78 is 0.606. The Morgan fingerprint density at radius 3 is 2.71 bits per heavy atom. The molecule has 1 aromatic heterocycles. The Kier molecular flexibility index (Phi) is 3.47. The number of carbonyl (C=O) groups is 2. The lowest BCUT2D eigenvalue weighted by atomic mass is 10.1. The van der Waals surface area contributed by atoms with E-state index in [1.54, 1.807) is 35.4 Å². The highest BCUT2D eigenvalue weighted by atomic mass is 79.9. The lowest BCUT2D eigenvalue weighted by Gasteiger charge is -2.17. The fourth-order valence-corrected chi connectivity index (χ4v) is 2.80. The van der Waals surface area contributed by atoms with Gasteiger partial charge in [-0.3, -0.25) is 4.79 Å². The maximum absolute atomic E-state index is 12.5. The van der Waals surface area contributed by atoms with Crippen molar-refractivity contribution in [3.8, 4) is 0 Å². The highest BCUT2D eigenvalue weighted by Gasteiger charge is 2.26. The Balaban J connectivity index is 1.94. The van der Waals surface area contributed by atoms with E-state index in [9.17, 15) is 9.59 Å². The second-order valence-electron chi connectivity index (χ2n) is 4.72. The molecule has 5 nitrogen and oxygen atoms in total. The van der Waals surface area contributed by atoms with Gasteiger partial charge in [-0.05, 0) is 58.2 Å². The van der Waals surface area contributed by atoms with Crippen LogP contribution in [0, 0.1) is 0 Å². The summed E-state index contributed by atoms with van der Waals surface area (Å²) in [7, 11) is 0. The Morgan fingerprint density at radius 2 is 2.00 bits per heavy atom. The average molecular weight is 347 g/mol. The zero-order chi connectivity index (χ0) is 15.0. The van der Waals surface area contributed by atoms with Gasteiger partial charge in [0, 0.05) is 24.0 Å². The van der Waals surface area contributed by atoms with E-state index in [-0.39, 0.29) is 11.5 Å². The van der Waals surface area contributed by atoms with Gasteiger partial charge in [0.1, 0.15) is 4.60 Å². The molecule has 21 heavy (non-hydrogen) atoms. The average Bonchev–Trinajstić information content (AvgIpc) is 2.89. The van der Waals surface area contributed by atoms with E-state index in [2.05, 4.69) is 20.9 Å². The number of aromatic carboxylic acids is 1. The van der Waals surface area contributed by atoms with E-state index in [1.165, 1.54) is 6.07 Å². The van der Waals surface area contributed by atoms with E-state index in [0.29, 0.717) is 23.1 Å². The standard InChI is InChI=1S/C15H11BrN2O3/c16-13-8-10(3-5-17-13)14(19)18-6-4-9-7-11(15(20)21)1-2-12(9)18/h1-3,5,7-8H,4,6H2,(H,20,21). The molecule has 1 N–H and O–H groups in total. The third-order valence-corrected chi connectivity index (χ3v) is 3.87. The molecule has 0 radical (unpaired) electrons. The van der Waals surface area contributed by atoms with Gasteiger partial charge in [-0.25, -0.2) is 9.78 Å². The number of aromatic nitrogens is 1. The summed E-state index contributed by atoms with van der Waals surface area (Å²) in [6.07, 6.45) is 2.23. The van der Waals surface area contributed by atoms with Gasteiger partial charge in [0.2, 0.25) is 0 Å². The number of carboxylic acids is 1. The number of halogens is 1. The van der Waals surface area contributed by atoms with Gasteiger partial charge in [-0.15, -0.1) is 0 Å². The molecule has 1 amide bonds. The molecule has 1 aromatic carbocycles. The van der Waals surface area contributed by atoms with Gasteiger partial charge in [-0.2, -0.15) is 0 Å². The molecule has 0 fully saturated rings. The number of carboxylic acid groups (broad SMARTS) is 1. The minimum absolute atomic E-state index is 0.111. The van der Waals surface area contributed by atoms with Crippen LogP contribution >= 0.6 is 15.9 Å². The third-order valence-electron chi connectivity index (χ3n) is 3.44. The van der Waals surface area contributed by atoms with Crippen molar-refractivity contribution < 1.29 is 14.7 Å². The van der Waals surface area contributed by atoms with Gasteiger partial charge < -0.3 is 10.0 Å². The maximum atomic E-state index is 12.5. The number of rotatable bonds is 2. The minimum atomic E-state index is -0.958. The van der Waals surface area contributed by atoms with Crippen molar-refractivity contribution in [1.82, 2.24) is 4.98 Å². The zero-order valence-corrected chi connectivity index (χ0v) is 12.5. The number of hydrogen-bond donors (Lipinski definition) is 1. The molecule has 0 spiro atoms. The van der Waals surface area contributed by atoms with Crippen molar-refractivity contribution in [3.63, 3.8) is 0 Å². The third kappa shape index (κ3) is 2.54. The van der Waals surface area contributed by atoms with Crippen LogP contribution in [-0.2, 0) is 6.42 Å². The molecule has 1 aliphatic heterocycles. The highest BCUT2D eigenvalue weighted by molar-refractivity contribution is 9.10. The Morgan fingerprint density at radius 1 is 1.19 bits per heavy atom. The summed E-state index contributed by atoms with van der Waals surface area (Å²) in [6, 6.07) is 8.19. The molecule has 106 valence electrons. The predicted octanol–water partition coefficient (Wildman–Crippen LogP) is 2.75. The van der Waals surface area contributed by atoms with Crippen LogP contribution in [-0.4, -0.2) is 28.5 Å². The van der Waals surface area contributed by atoms with Gasteiger partial charge in [0.15, 0.2) is 0 Å². The van der Waals surface area contributed by atoms with Gasteiger partial charge >= 0.3 is 5.97 Å². The van der Waals surface area contributed by atoms with Crippen molar-refractivity contribution in [1.29, 1.82) is 0 Å². The number of anilines is 1. The molecular formula is C15H11BrN2O3. The molecule has 2 heterocycles. The number of amides is 1. The molecule has 2 aromatic rings. The number of nitrogens with zero attached hydrogens (tertiary/aromatic N) is 2. The Hall–Kier alpha value is -2.21. The largest absolute Gasteiger partial charge is 0.478 e. The van der Waals surface area contributed by atoms with E-state index in [1.807, 2.05) is 0 Å². The number of carbonyl (C=O) groups excluding carboxylic acids is 1. The topological polar surface area (TPSA) is 70.5 Å². The smallest absolute Gasteiger partial charge is 0.335 e. The Labute approximate surface area is 129 Å². The van der Waals surface area contributed by atoms with Crippen LogP contribution in [0.1, 0.15) is 26.3 Å². The number of hydrogen-bond acceptors (Lipinski definition) is 3. The normalized spacial score (nSPS) is 13.1. The van der Waals surface area contributed by atoms with Gasteiger partial charge in [0.05, 0.1) is 5.56 Å². The molecule has 1 aliphatic rings. The van der Waals surface area contributed by atoms with Crippen LogP contribution in [0.25, 0.3) is 0 Å². The number of pyridine rings is 1. The van der Waals surface area contributed by atoms with E-state index in [4.69, 9.17) is 5.11 Å². The second kappa shape index (κ2) is 5.29. The number of fused-ring (bicyclic) bond motifs is 1. The molecular weight excluding hydrogens is 336 g/mol. The predicted molar refractivity (Wildman–Crippen MR) is 80.7 cm³/mol. The summed E-state index contributed by atoms with van der Waals surface area (Å²) in [5.41, 5.74) is 2.45. The van der Waals surface area contributed by atoms with E-state index in [0.717, 1.165) is 11.3 Å². The van der Waals surface area contributed by atoms with Crippen LogP contribution in [0.15, 0.2) is 41.1 Å². The van der Waals surface area contributed by atoms with Crippen LogP contribution in [0.2, 0.25) is 0 Å². The minimum Gasteiger partial charge on any atom is -0.478 e. The van der Waals surface area contributed by atoms with E-state index >= 15 is 0 Å². The van der Waals surface area contributed by atoms with Gasteiger partial charge in [-0.1, -0.05) is 0 Å².